The molecule has 1 aliphatic rings. The summed E-state index contributed by atoms with van der Waals surface area (Å²) >= 11 is 0. The van der Waals surface area contributed by atoms with E-state index in [1.165, 1.54) is 12.8 Å². The summed E-state index contributed by atoms with van der Waals surface area (Å²) in [5, 5.41) is 11.6. The van der Waals surface area contributed by atoms with Crippen LogP contribution in [0.1, 0.15) is 32.3 Å². The molecule has 0 aliphatic heterocycles. The Bertz CT molecular complexity index is 510. The van der Waals surface area contributed by atoms with Gasteiger partial charge in [-0.25, -0.2) is 0 Å². The van der Waals surface area contributed by atoms with Gasteiger partial charge in [0.2, 0.25) is 0 Å². The molecule has 0 heterocycles. The van der Waals surface area contributed by atoms with Crippen molar-refractivity contribution in [1.82, 2.24) is 5.32 Å². The van der Waals surface area contributed by atoms with E-state index in [1.54, 1.807) is 24.3 Å². The highest BCUT2D eigenvalue weighted by Crippen LogP contribution is 2.51. The van der Waals surface area contributed by atoms with E-state index >= 15 is 0 Å². The normalized spacial score (nSPS) is 15.5. The summed E-state index contributed by atoms with van der Waals surface area (Å²) in [6.45, 7) is 5.15. The van der Waals surface area contributed by atoms with Gasteiger partial charge in [-0.2, -0.15) is 5.26 Å². The first kappa shape index (κ1) is 14.4. The molecule has 0 saturated heterocycles. The van der Waals surface area contributed by atoms with Crippen molar-refractivity contribution >= 4 is 5.91 Å². The van der Waals surface area contributed by atoms with E-state index in [2.05, 4.69) is 19.2 Å². The van der Waals surface area contributed by atoms with Crippen molar-refractivity contribution in [3.63, 3.8) is 0 Å². The largest absolute Gasteiger partial charge is 0.484 e. The van der Waals surface area contributed by atoms with Gasteiger partial charge in [-0.3, -0.25) is 4.79 Å². The minimum atomic E-state index is -0.0960. The summed E-state index contributed by atoms with van der Waals surface area (Å²) in [6.07, 6.45) is 2.39. The first-order valence-corrected chi connectivity index (χ1v) is 6.95. The smallest absolute Gasteiger partial charge is 0.257 e. The van der Waals surface area contributed by atoms with Crippen LogP contribution >= 0.6 is 0 Å². The van der Waals surface area contributed by atoms with Gasteiger partial charge in [-0.1, -0.05) is 13.8 Å². The fourth-order valence-electron chi connectivity index (χ4n) is 2.22. The fourth-order valence-corrected chi connectivity index (χ4v) is 2.22. The van der Waals surface area contributed by atoms with Gasteiger partial charge in [0, 0.05) is 6.54 Å². The van der Waals surface area contributed by atoms with E-state index in [9.17, 15) is 4.79 Å². The predicted octanol–water partition coefficient (Wildman–Crippen LogP) is 2.49. The summed E-state index contributed by atoms with van der Waals surface area (Å²) in [7, 11) is 0. The lowest BCUT2D eigenvalue weighted by Gasteiger charge is -2.20. The van der Waals surface area contributed by atoms with Gasteiger partial charge < -0.3 is 10.1 Å². The van der Waals surface area contributed by atoms with Crippen LogP contribution in [0.25, 0.3) is 0 Å². The van der Waals surface area contributed by atoms with Gasteiger partial charge in [0.05, 0.1) is 11.6 Å². The molecular weight excluding hydrogens is 252 g/mol. The van der Waals surface area contributed by atoms with Crippen LogP contribution in [-0.2, 0) is 4.79 Å². The van der Waals surface area contributed by atoms with Crippen LogP contribution in [-0.4, -0.2) is 19.1 Å². The Morgan fingerprint density at radius 2 is 2.05 bits per heavy atom. The van der Waals surface area contributed by atoms with Crippen LogP contribution in [0.2, 0.25) is 0 Å². The summed E-state index contributed by atoms with van der Waals surface area (Å²) in [6, 6.07) is 8.78. The van der Waals surface area contributed by atoms with Crippen molar-refractivity contribution in [1.29, 1.82) is 5.26 Å². The first-order chi connectivity index (χ1) is 9.55. The Labute approximate surface area is 119 Å². The Morgan fingerprint density at radius 1 is 1.40 bits per heavy atom. The van der Waals surface area contributed by atoms with Gasteiger partial charge in [0.25, 0.3) is 5.91 Å². The molecule has 2 rings (SSSR count). The van der Waals surface area contributed by atoms with Crippen molar-refractivity contribution in [2.24, 2.45) is 11.3 Å². The molecule has 1 fully saturated rings. The SMILES string of the molecule is CC(C)C1(CNC(=O)COc2ccc(C#N)cc2)CC1. The maximum Gasteiger partial charge on any atom is 0.257 e. The number of carbonyl (C=O) groups is 1. The topological polar surface area (TPSA) is 62.1 Å². The molecule has 1 amide bonds. The van der Waals surface area contributed by atoms with Gasteiger partial charge in [0.15, 0.2) is 6.61 Å². The number of nitrogens with zero attached hydrogens (tertiary/aromatic N) is 1. The average Bonchev–Trinajstić information content (AvgIpc) is 3.25. The third kappa shape index (κ3) is 3.51. The van der Waals surface area contributed by atoms with Gasteiger partial charge in [-0.05, 0) is 48.4 Å². The predicted molar refractivity (Wildman–Crippen MR) is 76.2 cm³/mol. The Kier molecular flexibility index (Phi) is 4.29. The maximum atomic E-state index is 11.7. The third-order valence-corrected chi connectivity index (χ3v) is 4.11. The lowest BCUT2D eigenvalue weighted by atomic mass is 9.92. The molecule has 1 N–H and O–H groups in total. The summed E-state index contributed by atoms with van der Waals surface area (Å²) < 4.78 is 5.39. The van der Waals surface area contributed by atoms with Gasteiger partial charge >= 0.3 is 0 Å². The van der Waals surface area contributed by atoms with Crippen LogP contribution in [0.4, 0.5) is 0 Å². The molecule has 0 spiro atoms. The highest BCUT2D eigenvalue weighted by atomic mass is 16.5. The second-order valence-corrected chi connectivity index (χ2v) is 5.72. The Morgan fingerprint density at radius 3 is 2.55 bits per heavy atom. The minimum absolute atomic E-state index is 0.0140. The number of amides is 1. The summed E-state index contributed by atoms with van der Waals surface area (Å²) in [4.78, 5) is 11.7. The first-order valence-electron chi connectivity index (χ1n) is 6.95. The number of hydrogen-bond donors (Lipinski definition) is 1. The van der Waals surface area contributed by atoms with E-state index in [1.807, 2.05) is 6.07 Å². The van der Waals surface area contributed by atoms with Crippen molar-refractivity contribution in [2.45, 2.75) is 26.7 Å². The van der Waals surface area contributed by atoms with Crippen LogP contribution in [0.5, 0.6) is 5.75 Å². The zero-order valence-electron chi connectivity index (χ0n) is 12.0. The molecule has 1 aliphatic carbocycles. The lowest BCUT2D eigenvalue weighted by Crippen LogP contribution is -2.35. The molecule has 106 valence electrons. The molecule has 4 nitrogen and oxygen atoms in total. The Balaban J connectivity index is 1.74. The minimum Gasteiger partial charge on any atom is -0.484 e. The van der Waals surface area contributed by atoms with Crippen molar-refractivity contribution in [3.05, 3.63) is 29.8 Å². The number of nitrogens with one attached hydrogen (secondary N) is 1. The second kappa shape index (κ2) is 5.96. The summed E-state index contributed by atoms with van der Waals surface area (Å²) in [5.74, 6) is 1.10. The van der Waals surface area contributed by atoms with E-state index in [-0.39, 0.29) is 12.5 Å². The molecule has 0 bridgehead atoms. The van der Waals surface area contributed by atoms with Crippen LogP contribution in [0.15, 0.2) is 24.3 Å². The highest BCUT2D eigenvalue weighted by molar-refractivity contribution is 5.77. The van der Waals surface area contributed by atoms with E-state index < -0.39 is 0 Å². The third-order valence-electron chi connectivity index (χ3n) is 4.11. The summed E-state index contributed by atoms with van der Waals surface area (Å²) in [5.41, 5.74) is 0.888. The number of ether oxygens (including phenoxy) is 1. The quantitative estimate of drug-likeness (QED) is 0.865. The lowest BCUT2D eigenvalue weighted by molar-refractivity contribution is -0.123. The van der Waals surface area contributed by atoms with E-state index in [4.69, 9.17) is 10.00 Å². The Hall–Kier alpha value is -2.02. The molecule has 0 radical (unpaired) electrons. The van der Waals surface area contributed by atoms with Gasteiger partial charge in [0.1, 0.15) is 5.75 Å². The number of benzene rings is 1. The molecule has 1 aromatic carbocycles. The zero-order chi connectivity index (χ0) is 14.6. The standard InChI is InChI=1S/C16H20N2O2/c1-12(2)16(7-8-16)11-18-15(19)10-20-14-5-3-13(9-17)4-6-14/h3-6,12H,7-8,10-11H2,1-2H3,(H,18,19). The fraction of sp³-hybridized carbons (Fsp3) is 0.500. The highest BCUT2D eigenvalue weighted by Gasteiger charge is 2.45. The molecule has 0 aromatic heterocycles. The molecule has 1 saturated carbocycles. The molecule has 20 heavy (non-hydrogen) atoms. The molecule has 0 unspecified atom stereocenters. The van der Waals surface area contributed by atoms with Crippen molar-refractivity contribution in [2.75, 3.05) is 13.2 Å². The van der Waals surface area contributed by atoms with Crippen LogP contribution in [0, 0.1) is 22.7 Å². The van der Waals surface area contributed by atoms with Gasteiger partial charge in [-0.15, -0.1) is 0 Å². The van der Waals surface area contributed by atoms with Crippen LogP contribution in [0.3, 0.4) is 0 Å². The monoisotopic (exact) mass is 272 g/mol. The average molecular weight is 272 g/mol. The van der Waals surface area contributed by atoms with Crippen molar-refractivity contribution < 1.29 is 9.53 Å². The zero-order valence-corrected chi connectivity index (χ0v) is 12.0. The molecule has 1 aromatic rings. The molecule has 4 heteroatoms. The molecule has 0 atom stereocenters. The van der Waals surface area contributed by atoms with E-state index in [0.29, 0.717) is 22.6 Å². The number of carbonyl (C=O) groups excluding carboxylic acids is 1. The number of nitriles is 1. The van der Waals surface area contributed by atoms with E-state index in [0.717, 1.165) is 6.54 Å². The van der Waals surface area contributed by atoms with Crippen LogP contribution < -0.4 is 10.1 Å². The number of rotatable bonds is 6. The number of hydrogen-bond acceptors (Lipinski definition) is 3. The van der Waals surface area contributed by atoms with Crippen molar-refractivity contribution in [3.8, 4) is 11.8 Å². The molecular formula is C16H20N2O2. The maximum absolute atomic E-state index is 11.7. The second-order valence-electron chi connectivity index (χ2n) is 5.72.